The van der Waals surface area contributed by atoms with E-state index >= 15 is 0 Å². The van der Waals surface area contributed by atoms with E-state index in [1.807, 2.05) is 31.2 Å². The highest BCUT2D eigenvalue weighted by atomic mass is 35.5. The van der Waals surface area contributed by atoms with Gasteiger partial charge in [0, 0.05) is 30.6 Å². The highest BCUT2D eigenvalue weighted by Crippen LogP contribution is 2.47. The first-order valence-electron chi connectivity index (χ1n) is 11.6. The molecule has 1 aromatic heterocycles. The standard InChI is InChI=1S/C25H32ClN3O6/c1-15(31)25(2)14-29(24(33)20(32)13-30)12-19(25)16-4-6-21(34-3)22(8-16)35-18-10-28(11-18)23-7-5-17(26)9-27-23/h4-9,15,18-20,30-32H,10-14H2,1-3H3/t15-,19+,20+,25+/m1/s1. The Morgan fingerprint density at radius 2 is 1.97 bits per heavy atom. The number of aliphatic hydroxyl groups is 3. The Morgan fingerprint density at radius 1 is 1.23 bits per heavy atom. The molecule has 10 heteroatoms. The van der Waals surface area contributed by atoms with Crippen molar-refractivity contribution in [1.29, 1.82) is 0 Å². The fraction of sp³-hybridized carbons (Fsp3) is 0.520. The number of hydrogen-bond acceptors (Lipinski definition) is 8. The highest BCUT2D eigenvalue weighted by Gasteiger charge is 2.49. The van der Waals surface area contributed by atoms with Crippen molar-refractivity contribution < 1.29 is 29.6 Å². The Balaban J connectivity index is 1.52. The summed E-state index contributed by atoms with van der Waals surface area (Å²) < 4.78 is 11.8. The number of benzene rings is 1. The van der Waals surface area contributed by atoms with Gasteiger partial charge >= 0.3 is 0 Å². The van der Waals surface area contributed by atoms with E-state index in [1.165, 1.54) is 4.90 Å². The minimum absolute atomic E-state index is 0.0545. The van der Waals surface area contributed by atoms with Crippen molar-refractivity contribution in [3.05, 3.63) is 47.1 Å². The molecule has 0 aliphatic carbocycles. The summed E-state index contributed by atoms with van der Waals surface area (Å²) in [5, 5.41) is 30.3. The Morgan fingerprint density at radius 3 is 2.57 bits per heavy atom. The quantitative estimate of drug-likeness (QED) is 0.496. The first-order chi connectivity index (χ1) is 16.7. The predicted molar refractivity (Wildman–Crippen MR) is 131 cm³/mol. The lowest BCUT2D eigenvalue weighted by Crippen LogP contribution is -2.54. The molecule has 9 nitrogen and oxygen atoms in total. The zero-order valence-corrected chi connectivity index (χ0v) is 20.9. The molecule has 2 fully saturated rings. The van der Waals surface area contributed by atoms with Gasteiger partial charge in [0.2, 0.25) is 0 Å². The molecule has 190 valence electrons. The Kier molecular flexibility index (Phi) is 7.42. The fourth-order valence-electron chi connectivity index (χ4n) is 4.82. The Hall–Kier alpha value is -2.59. The molecule has 0 radical (unpaired) electrons. The number of carbonyl (C=O) groups is 1. The molecule has 2 saturated heterocycles. The van der Waals surface area contributed by atoms with Crippen LogP contribution in [-0.4, -0.2) is 89.3 Å². The molecule has 0 saturated carbocycles. The number of likely N-dealkylation sites (tertiary alicyclic amines) is 1. The van der Waals surface area contributed by atoms with Crippen molar-refractivity contribution in [2.24, 2.45) is 5.41 Å². The molecule has 0 bridgehead atoms. The molecule has 35 heavy (non-hydrogen) atoms. The van der Waals surface area contributed by atoms with Gasteiger partial charge < -0.3 is 34.6 Å². The van der Waals surface area contributed by atoms with Crippen molar-refractivity contribution >= 4 is 23.3 Å². The van der Waals surface area contributed by atoms with Crippen LogP contribution in [0.15, 0.2) is 36.5 Å². The SMILES string of the molecule is COc1ccc([C@@H]2CN(C(=O)[C@@H](O)CO)C[C@@]2(C)[C@@H](C)O)cc1OC1CN(c2ccc(Cl)cn2)C1. The van der Waals surface area contributed by atoms with Gasteiger partial charge in [-0.15, -0.1) is 0 Å². The molecule has 2 aliphatic rings. The molecule has 1 amide bonds. The largest absolute Gasteiger partial charge is 0.493 e. The number of aromatic nitrogens is 1. The van der Waals surface area contributed by atoms with Crippen molar-refractivity contribution in [1.82, 2.24) is 9.88 Å². The maximum Gasteiger partial charge on any atom is 0.253 e. The monoisotopic (exact) mass is 505 g/mol. The fourth-order valence-corrected chi connectivity index (χ4v) is 4.93. The molecule has 3 heterocycles. The van der Waals surface area contributed by atoms with Crippen LogP contribution in [0.5, 0.6) is 11.5 Å². The minimum atomic E-state index is -1.47. The average molecular weight is 506 g/mol. The van der Waals surface area contributed by atoms with Gasteiger partial charge in [-0.1, -0.05) is 24.6 Å². The third-order valence-electron chi connectivity index (χ3n) is 7.22. The third-order valence-corrected chi connectivity index (χ3v) is 7.45. The Labute approximate surface area is 209 Å². The summed E-state index contributed by atoms with van der Waals surface area (Å²) in [5.41, 5.74) is 0.248. The van der Waals surface area contributed by atoms with Crippen LogP contribution >= 0.6 is 11.6 Å². The number of pyridine rings is 1. The maximum absolute atomic E-state index is 12.6. The van der Waals surface area contributed by atoms with Gasteiger partial charge in [0.15, 0.2) is 17.6 Å². The van der Waals surface area contributed by atoms with E-state index in [0.29, 0.717) is 36.2 Å². The molecular formula is C25H32ClN3O6. The zero-order chi connectivity index (χ0) is 25.3. The van der Waals surface area contributed by atoms with Gasteiger partial charge in [-0.25, -0.2) is 4.98 Å². The number of rotatable bonds is 8. The van der Waals surface area contributed by atoms with E-state index < -0.39 is 30.1 Å². The van der Waals surface area contributed by atoms with E-state index in [2.05, 4.69) is 9.88 Å². The van der Waals surface area contributed by atoms with Crippen LogP contribution in [0.1, 0.15) is 25.3 Å². The number of nitrogens with zero attached hydrogens (tertiary/aromatic N) is 3. The summed E-state index contributed by atoms with van der Waals surface area (Å²) in [6, 6.07) is 9.33. The van der Waals surface area contributed by atoms with Crippen LogP contribution in [0, 0.1) is 5.41 Å². The molecule has 2 aromatic rings. The number of halogens is 1. The summed E-state index contributed by atoms with van der Waals surface area (Å²) in [5.74, 6) is 1.27. The molecule has 3 N–H and O–H groups in total. The van der Waals surface area contributed by atoms with E-state index in [9.17, 15) is 20.1 Å². The minimum Gasteiger partial charge on any atom is -0.493 e. The first-order valence-corrected chi connectivity index (χ1v) is 12.0. The van der Waals surface area contributed by atoms with Gasteiger partial charge in [0.05, 0.1) is 37.9 Å². The topological polar surface area (TPSA) is 116 Å². The van der Waals surface area contributed by atoms with E-state index in [-0.39, 0.29) is 18.6 Å². The van der Waals surface area contributed by atoms with Gasteiger partial charge in [-0.3, -0.25) is 4.79 Å². The lowest BCUT2D eigenvalue weighted by atomic mass is 9.72. The smallest absolute Gasteiger partial charge is 0.253 e. The second-order valence-electron chi connectivity index (χ2n) is 9.54. The second kappa shape index (κ2) is 10.2. The van der Waals surface area contributed by atoms with E-state index in [1.54, 1.807) is 26.3 Å². The summed E-state index contributed by atoms with van der Waals surface area (Å²) in [4.78, 5) is 20.5. The number of aliphatic hydroxyl groups excluding tert-OH is 3. The summed E-state index contributed by atoms with van der Waals surface area (Å²) in [6.45, 7) is 4.89. The molecule has 0 spiro atoms. The average Bonchev–Trinajstić information content (AvgIpc) is 3.19. The second-order valence-corrected chi connectivity index (χ2v) is 9.98. The van der Waals surface area contributed by atoms with Crippen LogP contribution in [0.25, 0.3) is 0 Å². The summed E-state index contributed by atoms with van der Waals surface area (Å²) >= 11 is 5.92. The van der Waals surface area contributed by atoms with Gasteiger partial charge in [-0.05, 0) is 36.8 Å². The van der Waals surface area contributed by atoms with E-state index in [4.69, 9.17) is 21.1 Å². The molecule has 2 aliphatic heterocycles. The first kappa shape index (κ1) is 25.5. The summed E-state index contributed by atoms with van der Waals surface area (Å²) in [7, 11) is 1.58. The van der Waals surface area contributed by atoms with Crippen LogP contribution < -0.4 is 14.4 Å². The normalized spacial score (nSPS) is 24.1. The Bertz CT molecular complexity index is 1050. The van der Waals surface area contributed by atoms with Crippen molar-refractivity contribution in [2.75, 3.05) is 44.8 Å². The van der Waals surface area contributed by atoms with Crippen molar-refractivity contribution in [2.45, 2.75) is 38.1 Å². The molecule has 1 aromatic carbocycles. The summed E-state index contributed by atoms with van der Waals surface area (Å²) in [6.07, 6.45) is -0.624. The van der Waals surface area contributed by atoms with Crippen LogP contribution in [0.2, 0.25) is 5.02 Å². The lowest BCUT2D eigenvalue weighted by Gasteiger charge is -2.40. The maximum atomic E-state index is 12.6. The van der Waals surface area contributed by atoms with Crippen molar-refractivity contribution in [3.8, 4) is 11.5 Å². The molecule has 4 atom stereocenters. The number of hydrogen-bond donors (Lipinski definition) is 3. The molecule has 0 unspecified atom stereocenters. The van der Waals surface area contributed by atoms with Crippen molar-refractivity contribution in [3.63, 3.8) is 0 Å². The number of amides is 1. The van der Waals surface area contributed by atoms with Gasteiger partial charge in [0.25, 0.3) is 5.91 Å². The number of carbonyl (C=O) groups excluding carboxylic acids is 1. The molecular weight excluding hydrogens is 474 g/mol. The molecule has 4 rings (SSSR count). The van der Waals surface area contributed by atoms with Crippen LogP contribution in [0.3, 0.4) is 0 Å². The van der Waals surface area contributed by atoms with Gasteiger partial charge in [-0.2, -0.15) is 0 Å². The number of methoxy groups -OCH3 is 1. The van der Waals surface area contributed by atoms with Crippen LogP contribution in [-0.2, 0) is 4.79 Å². The predicted octanol–water partition coefficient (Wildman–Crippen LogP) is 1.68. The lowest BCUT2D eigenvalue weighted by molar-refractivity contribution is -0.141. The number of anilines is 1. The number of ether oxygens (including phenoxy) is 2. The van der Waals surface area contributed by atoms with E-state index in [0.717, 1.165) is 11.4 Å². The van der Waals surface area contributed by atoms with Gasteiger partial charge in [0.1, 0.15) is 11.9 Å². The van der Waals surface area contributed by atoms with Crippen LogP contribution in [0.4, 0.5) is 5.82 Å². The third kappa shape index (κ3) is 5.04. The zero-order valence-electron chi connectivity index (χ0n) is 20.1. The highest BCUT2D eigenvalue weighted by molar-refractivity contribution is 6.30.